The van der Waals surface area contributed by atoms with Crippen LogP contribution in [0.15, 0.2) is 84.9 Å². The van der Waals surface area contributed by atoms with Crippen LogP contribution in [0.4, 0.5) is 0 Å². The number of rotatable bonds is 5. The average molecular weight is 341 g/mol. The fourth-order valence-corrected chi connectivity index (χ4v) is 3.83. The van der Waals surface area contributed by atoms with Gasteiger partial charge in [-0.2, -0.15) is 0 Å². The molecule has 2 nitrogen and oxygen atoms in total. The van der Waals surface area contributed by atoms with Gasteiger partial charge in [0, 0.05) is 31.1 Å². The van der Waals surface area contributed by atoms with Crippen molar-refractivity contribution in [1.29, 1.82) is 0 Å². The Labute approximate surface area is 155 Å². The molecule has 26 heavy (non-hydrogen) atoms. The maximum absolute atomic E-state index is 12.7. The molecule has 0 saturated carbocycles. The summed E-state index contributed by atoms with van der Waals surface area (Å²) in [6.45, 7) is 1.71. The molecule has 1 unspecified atom stereocenters. The fraction of sp³-hybridized carbons (Fsp3) is 0.208. The Morgan fingerprint density at radius 2 is 1.23 bits per heavy atom. The highest BCUT2D eigenvalue weighted by molar-refractivity contribution is 5.99. The van der Waals surface area contributed by atoms with E-state index in [0.29, 0.717) is 6.42 Å². The van der Waals surface area contributed by atoms with E-state index in [-0.39, 0.29) is 11.8 Å². The van der Waals surface area contributed by atoms with Gasteiger partial charge in [-0.05, 0) is 23.1 Å². The summed E-state index contributed by atoms with van der Waals surface area (Å²) >= 11 is 0. The molecule has 0 N–H and O–H groups in total. The van der Waals surface area contributed by atoms with Crippen LogP contribution < -0.4 is 0 Å². The number of hydrogen-bond acceptors (Lipinski definition) is 2. The van der Waals surface area contributed by atoms with Crippen molar-refractivity contribution >= 4 is 5.78 Å². The summed E-state index contributed by atoms with van der Waals surface area (Å²) in [6, 6.07) is 29.4. The van der Waals surface area contributed by atoms with Gasteiger partial charge in [0.1, 0.15) is 0 Å². The standard InChI is InChI=1S/C24H23NO/c26-24-16-22(15-21-13-7-8-14-23(21)24)25(17-19-9-3-1-4-10-19)18-20-11-5-2-6-12-20/h1-14,22H,15-18H2. The summed E-state index contributed by atoms with van der Waals surface area (Å²) in [6.07, 6.45) is 1.53. The number of carbonyl (C=O) groups is 1. The number of ketones is 1. The zero-order chi connectivity index (χ0) is 17.8. The Morgan fingerprint density at radius 3 is 1.85 bits per heavy atom. The van der Waals surface area contributed by atoms with E-state index in [2.05, 4.69) is 59.5 Å². The van der Waals surface area contributed by atoms with Crippen molar-refractivity contribution < 1.29 is 4.79 Å². The molecule has 0 radical (unpaired) electrons. The normalized spacial score (nSPS) is 16.5. The van der Waals surface area contributed by atoms with Crippen LogP contribution in [0.25, 0.3) is 0 Å². The Bertz CT molecular complexity index is 831. The summed E-state index contributed by atoms with van der Waals surface area (Å²) < 4.78 is 0. The number of nitrogens with zero attached hydrogens (tertiary/aromatic N) is 1. The van der Waals surface area contributed by atoms with Gasteiger partial charge < -0.3 is 0 Å². The quantitative estimate of drug-likeness (QED) is 0.659. The van der Waals surface area contributed by atoms with Crippen LogP contribution in [0.3, 0.4) is 0 Å². The third-order valence-electron chi connectivity index (χ3n) is 5.17. The highest BCUT2D eigenvalue weighted by atomic mass is 16.1. The molecule has 0 heterocycles. The number of hydrogen-bond donors (Lipinski definition) is 0. The van der Waals surface area contributed by atoms with E-state index >= 15 is 0 Å². The average Bonchev–Trinajstić information content (AvgIpc) is 2.69. The number of Topliss-reactive ketones (excluding diaryl/α,β-unsaturated/α-hetero) is 1. The molecular formula is C24H23NO. The van der Waals surface area contributed by atoms with Gasteiger partial charge in [0.15, 0.2) is 5.78 Å². The van der Waals surface area contributed by atoms with Crippen molar-refractivity contribution in [1.82, 2.24) is 4.90 Å². The third-order valence-corrected chi connectivity index (χ3v) is 5.17. The second kappa shape index (κ2) is 7.67. The second-order valence-corrected chi connectivity index (χ2v) is 7.02. The monoisotopic (exact) mass is 341 g/mol. The van der Waals surface area contributed by atoms with Gasteiger partial charge in [-0.3, -0.25) is 9.69 Å². The molecule has 2 heteroatoms. The van der Waals surface area contributed by atoms with Crippen molar-refractivity contribution in [3.8, 4) is 0 Å². The van der Waals surface area contributed by atoms with Crippen LogP contribution >= 0.6 is 0 Å². The third kappa shape index (κ3) is 3.76. The first-order chi connectivity index (χ1) is 12.8. The van der Waals surface area contributed by atoms with E-state index in [0.717, 1.165) is 25.1 Å². The first kappa shape index (κ1) is 16.7. The molecule has 4 rings (SSSR count). The smallest absolute Gasteiger partial charge is 0.164 e. The fourth-order valence-electron chi connectivity index (χ4n) is 3.83. The summed E-state index contributed by atoms with van der Waals surface area (Å²) in [5.74, 6) is 0.267. The van der Waals surface area contributed by atoms with Crippen molar-refractivity contribution in [2.75, 3.05) is 0 Å². The lowest BCUT2D eigenvalue weighted by molar-refractivity contribution is 0.0877. The van der Waals surface area contributed by atoms with E-state index < -0.39 is 0 Å². The Kier molecular flexibility index (Phi) is 4.94. The summed E-state index contributed by atoms with van der Waals surface area (Å²) in [4.78, 5) is 15.1. The molecule has 130 valence electrons. The SMILES string of the molecule is O=C1CC(N(Cc2ccccc2)Cc2ccccc2)Cc2ccccc21. The first-order valence-electron chi connectivity index (χ1n) is 9.22. The Morgan fingerprint density at radius 1 is 0.692 bits per heavy atom. The molecule has 0 bridgehead atoms. The van der Waals surface area contributed by atoms with Gasteiger partial charge >= 0.3 is 0 Å². The Balaban J connectivity index is 1.61. The molecule has 3 aromatic rings. The largest absolute Gasteiger partial charge is 0.294 e. The van der Waals surface area contributed by atoms with Crippen molar-refractivity contribution in [2.24, 2.45) is 0 Å². The van der Waals surface area contributed by atoms with Crippen LogP contribution in [0.5, 0.6) is 0 Å². The minimum absolute atomic E-state index is 0.234. The number of fused-ring (bicyclic) bond motifs is 1. The molecular weight excluding hydrogens is 318 g/mol. The van der Waals surface area contributed by atoms with Gasteiger partial charge in [-0.15, -0.1) is 0 Å². The maximum Gasteiger partial charge on any atom is 0.164 e. The molecule has 0 amide bonds. The second-order valence-electron chi connectivity index (χ2n) is 7.02. The minimum atomic E-state index is 0.234. The van der Waals surface area contributed by atoms with Crippen LogP contribution in [0, 0.1) is 0 Å². The van der Waals surface area contributed by atoms with Crippen molar-refractivity contribution in [3.05, 3.63) is 107 Å². The van der Waals surface area contributed by atoms with Gasteiger partial charge in [0.25, 0.3) is 0 Å². The molecule has 1 atom stereocenters. The minimum Gasteiger partial charge on any atom is -0.294 e. The molecule has 0 fully saturated rings. The molecule has 0 saturated heterocycles. The van der Waals surface area contributed by atoms with Crippen LogP contribution in [-0.4, -0.2) is 16.7 Å². The zero-order valence-corrected chi connectivity index (χ0v) is 14.8. The van der Waals surface area contributed by atoms with E-state index in [1.165, 1.54) is 16.7 Å². The van der Waals surface area contributed by atoms with E-state index in [1.807, 2.05) is 30.3 Å². The van der Waals surface area contributed by atoms with Gasteiger partial charge in [-0.25, -0.2) is 0 Å². The maximum atomic E-state index is 12.7. The van der Waals surface area contributed by atoms with Crippen LogP contribution in [0.1, 0.15) is 33.5 Å². The molecule has 3 aromatic carbocycles. The lowest BCUT2D eigenvalue weighted by atomic mass is 9.86. The first-order valence-corrected chi connectivity index (χ1v) is 9.22. The number of carbonyl (C=O) groups excluding carboxylic acids is 1. The molecule has 1 aliphatic carbocycles. The number of benzene rings is 3. The molecule has 0 aliphatic heterocycles. The Hall–Kier alpha value is -2.71. The van der Waals surface area contributed by atoms with Crippen molar-refractivity contribution in [2.45, 2.75) is 32.0 Å². The predicted octanol–water partition coefficient (Wildman–Crippen LogP) is 4.89. The topological polar surface area (TPSA) is 20.3 Å². The molecule has 0 spiro atoms. The molecule has 0 aromatic heterocycles. The van der Waals surface area contributed by atoms with Gasteiger partial charge in [0.05, 0.1) is 0 Å². The molecule has 1 aliphatic rings. The lowest BCUT2D eigenvalue weighted by Gasteiger charge is -2.35. The van der Waals surface area contributed by atoms with Gasteiger partial charge in [0.2, 0.25) is 0 Å². The predicted molar refractivity (Wildman–Crippen MR) is 105 cm³/mol. The summed E-state index contributed by atoms with van der Waals surface area (Å²) in [7, 11) is 0. The van der Waals surface area contributed by atoms with Crippen molar-refractivity contribution in [3.63, 3.8) is 0 Å². The summed E-state index contributed by atoms with van der Waals surface area (Å²) in [5, 5.41) is 0. The highest BCUT2D eigenvalue weighted by Gasteiger charge is 2.29. The summed E-state index contributed by atoms with van der Waals surface area (Å²) in [5.41, 5.74) is 4.66. The van der Waals surface area contributed by atoms with Crippen LogP contribution in [-0.2, 0) is 19.5 Å². The van der Waals surface area contributed by atoms with E-state index in [1.54, 1.807) is 0 Å². The van der Waals surface area contributed by atoms with Crippen LogP contribution in [0.2, 0.25) is 0 Å². The lowest BCUT2D eigenvalue weighted by Crippen LogP contribution is -2.40. The zero-order valence-electron chi connectivity index (χ0n) is 14.8. The van der Waals surface area contributed by atoms with E-state index in [9.17, 15) is 4.79 Å². The highest BCUT2D eigenvalue weighted by Crippen LogP contribution is 2.27. The van der Waals surface area contributed by atoms with E-state index in [4.69, 9.17) is 0 Å². The van der Waals surface area contributed by atoms with Gasteiger partial charge in [-0.1, -0.05) is 84.9 Å².